The van der Waals surface area contributed by atoms with Crippen molar-refractivity contribution in [2.45, 2.75) is 13.5 Å². The number of carbonyl (C=O) groups excluding carboxylic acids is 1. The molecule has 5 rings (SSSR count). The van der Waals surface area contributed by atoms with Crippen LogP contribution in [0.3, 0.4) is 0 Å². The second kappa shape index (κ2) is 14.0. The summed E-state index contributed by atoms with van der Waals surface area (Å²) in [6.07, 6.45) is 1.55. The standard InChI is InChI=1S/C32H26Cl2N4O3S/c1-2-40-30-17-21(7-16-29(30)41-19-24-5-3-4-6-27(24)34)18-35-38-31(39)23-10-8-22(9-11-23)28-20-42-32(37-28)36-26-14-12-25(33)13-15-26/h3-18,20H,2,19H2,1H3,(H,36,37)(H,38,39)/b35-18-. The van der Waals surface area contributed by atoms with Crippen LogP contribution in [-0.2, 0) is 6.61 Å². The number of ether oxygens (including phenoxy) is 2. The Labute approximate surface area is 257 Å². The van der Waals surface area contributed by atoms with Gasteiger partial charge in [0, 0.05) is 37.8 Å². The number of aromatic nitrogens is 1. The molecule has 0 bridgehead atoms. The molecule has 1 aromatic heterocycles. The smallest absolute Gasteiger partial charge is 0.271 e. The van der Waals surface area contributed by atoms with E-state index in [9.17, 15) is 4.79 Å². The minimum atomic E-state index is -0.328. The molecule has 0 atom stereocenters. The minimum absolute atomic E-state index is 0.311. The summed E-state index contributed by atoms with van der Waals surface area (Å²) >= 11 is 13.7. The van der Waals surface area contributed by atoms with Crippen LogP contribution < -0.4 is 20.2 Å². The van der Waals surface area contributed by atoms with Gasteiger partial charge in [-0.25, -0.2) is 10.4 Å². The summed E-state index contributed by atoms with van der Waals surface area (Å²) < 4.78 is 11.7. The molecule has 0 spiro atoms. The second-order valence-corrected chi connectivity index (χ2v) is 10.7. The molecule has 0 radical (unpaired) electrons. The number of nitrogens with zero attached hydrogens (tertiary/aromatic N) is 2. The Hall–Kier alpha value is -4.37. The van der Waals surface area contributed by atoms with Crippen molar-refractivity contribution in [2.24, 2.45) is 5.10 Å². The molecule has 0 aliphatic carbocycles. The zero-order valence-corrected chi connectivity index (χ0v) is 24.8. The van der Waals surface area contributed by atoms with E-state index in [0.717, 1.165) is 33.2 Å². The maximum atomic E-state index is 12.7. The number of amides is 1. The molecule has 0 aliphatic rings. The number of halogens is 2. The van der Waals surface area contributed by atoms with Crippen molar-refractivity contribution in [1.29, 1.82) is 0 Å². The van der Waals surface area contributed by atoms with Gasteiger partial charge in [-0.05, 0) is 73.2 Å². The van der Waals surface area contributed by atoms with E-state index in [1.807, 2.05) is 79.0 Å². The fourth-order valence-electron chi connectivity index (χ4n) is 3.91. The Morgan fingerprint density at radius 1 is 0.952 bits per heavy atom. The Balaban J connectivity index is 1.17. The van der Waals surface area contributed by atoms with Crippen LogP contribution >= 0.6 is 34.5 Å². The molecule has 0 saturated heterocycles. The van der Waals surface area contributed by atoms with Gasteiger partial charge in [0.15, 0.2) is 16.6 Å². The highest BCUT2D eigenvalue weighted by atomic mass is 35.5. The first-order valence-corrected chi connectivity index (χ1v) is 14.7. The second-order valence-electron chi connectivity index (χ2n) is 8.97. The van der Waals surface area contributed by atoms with E-state index < -0.39 is 0 Å². The average Bonchev–Trinajstić information content (AvgIpc) is 3.47. The lowest BCUT2D eigenvalue weighted by atomic mass is 10.1. The number of rotatable bonds is 11. The molecule has 2 N–H and O–H groups in total. The van der Waals surface area contributed by atoms with Crippen LogP contribution in [0.25, 0.3) is 11.3 Å². The number of nitrogens with one attached hydrogen (secondary N) is 2. The molecule has 4 aromatic carbocycles. The molecule has 0 saturated carbocycles. The normalized spacial score (nSPS) is 10.9. The topological polar surface area (TPSA) is 84.8 Å². The zero-order chi connectivity index (χ0) is 29.3. The first-order chi connectivity index (χ1) is 20.5. The Bertz CT molecular complexity index is 1690. The highest BCUT2D eigenvalue weighted by molar-refractivity contribution is 7.14. The van der Waals surface area contributed by atoms with Gasteiger partial charge >= 0.3 is 0 Å². The van der Waals surface area contributed by atoms with Crippen LogP contribution in [0.5, 0.6) is 11.5 Å². The molecule has 1 heterocycles. The fraction of sp³-hybridized carbons (Fsp3) is 0.0938. The average molecular weight is 618 g/mol. The van der Waals surface area contributed by atoms with Crippen molar-refractivity contribution in [1.82, 2.24) is 10.4 Å². The minimum Gasteiger partial charge on any atom is -0.490 e. The van der Waals surface area contributed by atoms with Gasteiger partial charge in [-0.3, -0.25) is 4.79 Å². The monoisotopic (exact) mass is 616 g/mol. The lowest BCUT2D eigenvalue weighted by Crippen LogP contribution is -2.17. The molecular weight excluding hydrogens is 591 g/mol. The van der Waals surface area contributed by atoms with Crippen LogP contribution in [0.1, 0.15) is 28.4 Å². The summed E-state index contributed by atoms with van der Waals surface area (Å²) in [6.45, 7) is 2.68. The summed E-state index contributed by atoms with van der Waals surface area (Å²) in [6, 6.07) is 27.6. The van der Waals surface area contributed by atoms with Crippen LogP contribution in [0.15, 0.2) is 101 Å². The maximum absolute atomic E-state index is 12.7. The van der Waals surface area contributed by atoms with Gasteiger partial charge in [-0.2, -0.15) is 5.10 Å². The van der Waals surface area contributed by atoms with Gasteiger partial charge in [-0.1, -0.05) is 53.5 Å². The van der Waals surface area contributed by atoms with E-state index >= 15 is 0 Å². The number of benzene rings is 4. The first-order valence-electron chi connectivity index (χ1n) is 13.0. The molecule has 212 valence electrons. The van der Waals surface area contributed by atoms with Crippen molar-refractivity contribution in [3.05, 3.63) is 123 Å². The van der Waals surface area contributed by atoms with Crippen molar-refractivity contribution in [3.63, 3.8) is 0 Å². The van der Waals surface area contributed by atoms with E-state index in [1.165, 1.54) is 11.3 Å². The third-order valence-corrected chi connectivity index (χ3v) is 7.41. The number of hydrogen-bond acceptors (Lipinski definition) is 7. The summed E-state index contributed by atoms with van der Waals surface area (Å²) in [5, 5.41) is 11.4. The van der Waals surface area contributed by atoms with E-state index in [0.29, 0.717) is 40.3 Å². The molecule has 0 aliphatic heterocycles. The summed E-state index contributed by atoms with van der Waals surface area (Å²) in [4.78, 5) is 17.3. The van der Waals surface area contributed by atoms with Crippen LogP contribution in [0.4, 0.5) is 10.8 Å². The summed E-state index contributed by atoms with van der Waals surface area (Å²) in [7, 11) is 0. The van der Waals surface area contributed by atoms with Crippen molar-refractivity contribution in [2.75, 3.05) is 11.9 Å². The van der Waals surface area contributed by atoms with Crippen molar-refractivity contribution < 1.29 is 14.3 Å². The van der Waals surface area contributed by atoms with Gasteiger partial charge < -0.3 is 14.8 Å². The molecule has 1 amide bonds. The molecule has 0 unspecified atom stereocenters. The van der Waals surface area contributed by atoms with E-state index in [2.05, 4.69) is 20.8 Å². The molecule has 10 heteroatoms. The fourth-order valence-corrected chi connectivity index (χ4v) is 4.96. The number of thiazole rings is 1. The molecular formula is C32H26Cl2N4O3S. The molecule has 5 aromatic rings. The largest absolute Gasteiger partial charge is 0.490 e. The summed E-state index contributed by atoms with van der Waals surface area (Å²) in [5.41, 5.74) is 7.28. The number of anilines is 2. The number of carbonyl (C=O) groups is 1. The number of hydrogen-bond donors (Lipinski definition) is 2. The van der Waals surface area contributed by atoms with E-state index in [1.54, 1.807) is 30.5 Å². The highest BCUT2D eigenvalue weighted by Crippen LogP contribution is 2.30. The number of hydrazone groups is 1. The van der Waals surface area contributed by atoms with Crippen LogP contribution in [-0.4, -0.2) is 23.7 Å². The Kier molecular flexibility index (Phi) is 9.71. The third kappa shape index (κ3) is 7.67. The predicted octanol–water partition coefficient (Wildman–Crippen LogP) is 8.60. The van der Waals surface area contributed by atoms with Crippen LogP contribution in [0.2, 0.25) is 10.0 Å². The van der Waals surface area contributed by atoms with Gasteiger partial charge in [0.25, 0.3) is 5.91 Å². The maximum Gasteiger partial charge on any atom is 0.271 e. The van der Waals surface area contributed by atoms with Gasteiger partial charge in [0.1, 0.15) is 6.61 Å². The highest BCUT2D eigenvalue weighted by Gasteiger charge is 2.10. The third-order valence-electron chi connectivity index (χ3n) is 6.03. The van der Waals surface area contributed by atoms with E-state index in [4.69, 9.17) is 32.7 Å². The summed E-state index contributed by atoms with van der Waals surface area (Å²) in [5.74, 6) is 0.834. The van der Waals surface area contributed by atoms with Crippen LogP contribution in [0, 0.1) is 0 Å². The molecule has 0 fully saturated rings. The molecule has 7 nitrogen and oxygen atoms in total. The predicted molar refractivity (Wildman–Crippen MR) is 171 cm³/mol. The lowest BCUT2D eigenvalue weighted by molar-refractivity contribution is 0.0955. The quantitative estimate of drug-likeness (QED) is 0.115. The Morgan fingerprint density at radius 2 is 1.74 bits per heavy atom. The lowest BCUT2D eigenvalue weighted by Gasteiger charge is -2.13. The van der Waals surface area contributed by atoms with E-state index in [-0.39, 0.29) is 5.91 Å². The van der Waals surface area contributed by atoms with Crippen molar-refractivity contribution >= 4 is 57.5 Å². The van der Waals surface area contributed by atoms with Crippen molar-refractivity contribution in [3.8, 4) is 22.8 Å². The molecule has 42 heavy (non-hydrogen) atoms. The SMILES string of the molecule is CCOc1cc(/C=N\NC(=O)c2ccc(-c3csc(Nc4ccc(Cl)cc4)n3)cc2)ccc1OCc1ccccc1Cl. The van der Waals surface area contributed by atoms with Gasteiger partial charge in [0.05, 0.1) is 18.5 Å². The van der Waals surface area contributed by atoms with Gasteiger partial charge in [-0.15, -0.1) is 11.3 Å². The van der Waals surface area contributed by atoms with Gasteiger partial charge in [0.2, 0.25) is 0 Å². The first kappa shape index (κ1) is 29.1. The Morgan fingerprint density at radius 3 is 2.50 bits per heavy atom. The zero-order valence-electron chi connectivity index (χ0n) is 22.5.